The number of para-hydroxylation sites is 2. The van der Waals surface area contributed by atoms with E-state index >= 15 is 0 Å². The Morgan fingerprint density at radius 1 is 0.932 bits per heavy atom. The molecule has 0 bridgehead atoms. The topological polar surface area (TPSA) is 96.0 Å². The van der Waals surface area contributed by atoms with Gasteiger partial charge in [0.2, 0.25) is 11.8 Å². The van der Waals surface area contributed by atoms with Gasteiger partial charge in [0.15, 0.2) is 0 Å². The number of carbonyl (C=O) groups is 2. The van der Waals surface area contributed by atoms with Gasteiger partial charge in [-0.3, -0.25) is 13.9 Å². The molecule has 0 radical (unpaired) electrons. The van der Waals surface area contributed by atoms with Crippen molar-refractivity contribution in [2.75, 3.05) is 23.7 Å². The molecular formula is C32H39Cl2N3O5S2. The molecule has 3 aromatic rings. The second kappa shape index (κ2) is 16.4. The molecule has 0 heterocycles. The van der Waals surface area contributed by atoms with Crippen molar-refractivity contribution in [3.63, 3.8) is 0 Å². The third-order valence-electron chi connectivity index (χ3n) is 7.14. The summed E-state index contributed by atoms with van der Waals surface area (Å²) in [6.45, 7) is 6.98. The number of halogens is 2. The molecule has 8 nitrogen and oxygen atoms in total. The zero-order valence-corrected chi connectivity index (χ0v) is 28.7. The Morgan fingerprint density at radius 3 is 2.14 bits per heavy atom. The number of amides is 2. The molecule has 2 amide bonds. The van der Waals surface area contributed by atoms with Crippen molar-refractivity contribution in [3.05, 3.63) is 82.3 Å². The van der Waals surface area contributed by atoms with E-state index in [-0.39, 0.29) is 42.1 Å². The highest BCUT2D eigenvalue weighted by atomic mass is 35.5. The first-order valence-corrected chi connectivity index (χ1v) is 17.8. The van der Waals surface area contributed by atoms with Crippen molar-refractivity contribution in [1.82, 2.24) is 10.2 Å². The highest BCUT2D eigenvalue weighted by molar-refractivity contribution is 7.98. The van der Waals surface area contributed by atoms with Crippen LogP contribution in [0.4, 0.5) is 5.69 Å². The summed E-state index contributed by atoms with van der Waals surface area (Å²) in [7, 11) is -4.27. The molecule has 0 saturated carbocycles. The van der Waals surface area contributed by atoms with Crippen molar-refractivity contribution in [2.24, 2.45) is 0 Å². The van der Waals surface area contributed by atoms with Gasteiger partial charge in [-0.15, -0.1) is 11.8 Å². The van der Waals surface area contributed by atoms with Gasteiger partial charge in [0.05, 0.1) is 17.2 Å². The quantitative estimate of drug-likeness (QED) is 0.173. The summed E-state index contributed by atoms with van der Waals surface area (Å²) in [4.78, 5) is 30.1. The number of ether oxygens (including phenoxy) is 1. The van der Waals surface area contributed by atoms with Crippen LogP contribution >= 0.6 is 35.0 Å². The Balaban J connectivity index is 2.15. The van der Waals surface area contributed by atoms with Gasteiger partial charge in [-0.25, -0.2) is 8.42 Å². The molecule has 1 N–H and O–H groups in total. The van der Waals surface area contributed by atoms with Crippen molar-refractivity contribution in [2.45, 2.75) is 69.0 Å². The number of rotatable bonds is 15. The number of thioether (sulfide) groups is 1. The van der Waals surface area contributed by atoms with E-state index in [1.165, 1.54) is 28.8 Å². The van der Waals surface area contributed by atoms with Crippen LogP contribution in [0.1, 0.15) is 46.1 Å². The summed E-state index contributed by atoms with van der Waals surface area (Å²) < 4.78 is 35.3. The fourth-order valence-corrected chi connectivity index (χ4v) is 6.89. The van der Waals surface area contributed by atoms with Crippen LogP contribution in [0.25, 0.3) is 0 Å². The van der Waals surface area contributed by atoms with Gasteiger partial charge in [0.25, 0.3) is 10.0 Å². The first kappa shape index (κ1) is 35.6. The lowest BCUT2D eigenvalue weighted by Gasteiger charge is -2.34. The maximum atomic E-state index is 14.4. The van der Waals surface area contributed by atoms with E-state index in [1.807, 2.05) is 20.1 Å². The predicted octanol–water partition coefficient (Wildman–Crippen LogP) is 7.03. The summed E-state index contributed by atoms with van der Waals surface area (Å²) in [5, 5.41) is 3.61. The van der Waals surface area contributed by atoms with Gasteiger partial charge < -0.3 is 15.0 Å². The molecule has 44 heavy (non-hydrogen) atoms. The zero-order valence-electron chi connectivity index (χ0n) is 25.5. The Hall–Kier alpha value is -2.92. The number of sulfonamides is 1. The third-order valence-corrected chi connectivity index (χ3v) is 10.4. The number of nitrogens with one attached hydrogen (secondary N) is 1. The van der Waals surface area contributed by atoms with Crippen molar-refractivity contribution in [3.8, 4) is 5.75 Å². The number of hydrogen-bond donors (Lipinski definition) is 1. The lowest BCUT2D eigenvalue weighted by molar-refractivity contribution is -0.140. The first-order valence-electron chi connectivity index (χ1n) is 14.4. The first-order chi connectivity index (χ1) is 21.0. The molecular weight excluding hydrogens is 641 g/mol. The van der Waals surface area contributed by atoms with Gasteiger partial charge >= 0.3 is 0 Å². The minimum absolute atomic E-state index is 0.0108. The molecule has 0 aliphatic rings. The maximum absolute atomic E-state index is 14.4. The van der Waals surface area contributed by atoms with Gasteiger partial charge in [0.1, 0.15) is 18.3 Å². The summed E-state index contributed by atoms with van der Waals surface area (Å²) in [5.41, 5.74) is 0.653. The van der Waals surface area contributed by atoms with Crippen molar-refractivity contribution in [1.29, 1.82) is 0 Å². The Labute approximate surface area is 275 Å². The molecule has 2 atom stereocenters. The Kier molecular flexibility index (Phi) is 13.3. The molecule has 0 saturated heterocycles. The van der Waals surface area contributed by atoms with Crippen LogP contribution in [0.2, 0.25) is 10.0 Å². The molecule has 3 aromatic carbocycles. The lowest BCUT2D eigenvalue weighted by Crippen LogP contribution is -2.53. The average Bonchev–Trinajstić information content (AvgIpc) is 3.01. The molecule has 12 heteroatoms. The van der Waals surface area contributed by atoms with Crippen LogP contribution in [0.5, 0.6) is 5.75 Å². The van der Waals surface area contributed by atoms with E-state index in [4.69, 9.17) is 27.9 Å². The predicted molar refractivity (Wildman–Crippen MR) is 179 cm³/mol. The van der Waals surface area contributed by atoms with E-state index in [0.29, 0.717) is 27.8 Å². The summed E-state index contributed by atoms with van der Waals surface area (Å²) >= 11 is 14.5. The van der Waals surface area contributed by atoms with Crippen LogP contribution < -0.4 is 14.4 Å². The monoisotopic (exact) mass is 679 g/mol. The Bertz CT molecular complexity index is 1520. The lowest BCUT2D eigenvalue weighted by atomic mass is 10.1. The summed E-state index contributed by atoms with van der Waals surface area (Å²) in [6.07, 6.45) is 2.87. The normalized spacial score (nSPS) is 12.7. The highest BCUT2D eigenvalue weighted by Crippen LogP contribution is 2.34. The fourth-order valence-electron chi connectivity index (χ4n) is 4.54. The summed E-state index contributed by atoms with van der Waals surface area (Å²) in [6, 6.07) is 17.0. The Morgan fingerprint density at radius 2 is 1.57 bits per heavy atom. The summed E-state index contributed by atoms with van der Waals surface area (Å²) in [5.74, 6) is -0.660. The number of carbonyl (C=O) groups excluding carboxylic acids is 2. The van der Waals surface area contributed by atoms with E-state index in [2.05, 4.69) is 5.32 Å². The van der Waals surface area contributed by atoms with E-state index in [9.17, 15) is 18.0 Å². The second-order valence-corrected chi connectivity index (χ2v) is 13.6. The number of anilines is 1. The van der Waals surface area contributed by atoms with Crippen molar-refractivity contribution < 1.29 is 22.7 Å². The van der Waals surface area contributed by atoms with Gasteiger partial charge in [-0.1, -0.05) is 55.2 Å². The van der Waals surface area contributed by atoms with Crippen LogP contribution in [0.3, 0.4) is 0 Å². The fraction of sp³-hybridized carbons (Fsp3) is 0.375. The van der Waals surface area contributed by atoms with E-state index < -0.39 is 28.5 Å². The van der Waals surface area contributed by atoms with E-state index in [1.54, 1.807) is 68.4 Å². The van der Waals surface area contributed by atoms with Crippen LogP contribution in [-0.4, -0.2) is 56.6 Å². The minimum atomic E-state index is -4.27. The molecule has 3 rings (SSSR count). The van der Waals surface area contributed by atoms with Gasteiger partial charge in [-0.05, 0) is 81.5 Å². The van der Waals surface area contributed by atoms with Crippen LogP contribution in [-0.2, 0) is 26.2 Å². The minimum Gasteiger partial charge on any atom is -0.492 e. The van der Waals surface area contributed by atoms with Crippen molar-refractivity contribution >= 4 is 62.5 Å². The van der Waals surface area contributed by atoms with Gasteiger partial charge in [-0.2, -0.15) is 0 Å². The SMILES string of the molecule is CCOc1ccccc1N(CC(=O)N(Cc1c(Cl)cccc1Cl)[C@H](CC)C(=O)N[C@@H](C)CC)S(=O)(=O)c1ccc(SC)cc1. The molecule has 0 fully saturated rings. The molecule has 0 aromatic heterocycles. The van der Waals surface area contributed by atoms with Gasteiger partial charge in [0, 0.05) is 33.1 Å². The molecule has 0 spiro atoms. The standard InChI is InChI=1S/C32H39Cl2N3O5S2/c1-6-22(4)35-32(39)28(7-2)36(20-25-26(33)12-11-13-27(25)34)31(38)21-37(29-14-9-10-15-30(29)42-8-3)44(40,41)24-18-16-23(43-5)17-19-24/h9-19,22,28H,6-8,20-21H2,1-5H3,(H,35,39)/t22-,28+/m0/s1. The smallest absolute Gasteiger partial charge is 0.264 e. The molecule has 0 aliphatic carbocycles. The molecule has 238 valence electrons. The van der Waals surface area contributed by atoms with E-state index in [0.717, 1.165) is 9.20 Å². The van der Waals surface area contributed by atoms with Crippen LogP contribution in [0, 0.1) is 0 Å². The largest absolute Gasteiger partial charge is 0.492 e. The number of benzene rings is 3. The highest BCUT2D eigenvalue weighted by Gasteiger charge is 2.35. The average molecular weight is 681 g/mol. The maximum Gasteiger partial charge on any atom is 0.264 e. The second-order valence-electron chi connectivity index (χ2n) is 10.1. The number of nitrogens with zero attached hydrogens (tertiary/aromatic N) is 2. The zero-order chi connectivity index (χ0) is 32.4. The van der Waals surface area contributed by atoms with Crippen LogP contribution in [0.15, 0.2) is 76.5 Å². The molecule has 0 aliphatic heterocycles. The molecule has 0 unspecified atom stereocenters. The third kappa shape index (κ3) is 8.62. The number of hydrogen-bond acceptors (Lipinski definition) is 6.